The molecule has 1 aromatic carbocycles. The number of hydrogen-bond acceptors (Lipinski definition) is 6. The highest BCUT2D eigenvalue weighted by Gasteiger charge is 2.39. The zero-order valence-electron chi connectivity index (χ0n) is 16.9. The van der Waals surface area contributed by atoms with Gasteiger partial charge >= 0.3 is 5.97 Å². The predicted molar refractivity (Wildman–Crippen MR) is 106 cm³/mol. The van der Waals surface area contributed by atoms with Crippen molar-refractivity contribution in [3.05, 3.63) is 74.8 Å². The van der Waals surface area contributed by atoms with Crippen molar-refractivity contribution in [3.8, 4) is 5.75 Å². The van der Waals surface area contributed by atoms with Gasteiger partial charge in [-0.2, -0.15) is 0 Å². The summed E-state index contributed by atoms with van der Waals surface area (Å²) >= 11 is 0. The van der Waals surface area contributed by atoms with Gasteiger partial charge in [-0.3, -0.25) is 4.79 Å². The van der Waals surface area contributed by atoms with E-state index in [0.717, 1.165) is 0 Å². The zero-order chi connectivity index (χ0) is 21.3. The van der Waals surface area contributed by atoms with Crippen LogP contribution in [0.2, 0.25) is 0 Å². The second-order valence-electron chi connectivity index (χ2n) is 7.15. The van der Waals surface area contributed by atoms with Gasteiger partial charge < -0.3 is 24.7 Å². The monoisotopic (exact) mass is 401 g/mol. The van der Waals surface area contributed by atoms with Gasteiger partial charge in [-0.25, -0.2) is 9.18 Å². The van der Waals surface area contributed by atoms with Crippen molar-refractivity contribution in [2.45, 2.75) is 19.4 Å². The van der Waals surface area contributed by atoms with Crippen molar-refractivity contribution in [2.24, 2.45) is 5.73 Å². The molecular weight excluding hydrogens is 377 g/mol. The van der Waals surface area contributed by atoms with Gasteiger partial charge in [0.2, 0.25) is 5.88 Å². The van der Waals surface area contributed by atoms with Crippen LogP contribution in [0.4, 0.5) is 4.39 Å². The van der Waals surface area contributed by atoms with Gasteiger partial charge in [-0.15, -0.1) is 0 Å². The first-order valence-electron chi connectivity index (χ1n) is 9.15. The lowest BCUT2D eigenvalue weighted by Gasteiger charge is -2.29. The summed E-state index contributed by atoms with van der Waals surface area (Å²) in [6.07, 6.45) is 0. The third-order valence-electron chi connectivity index (χ3n) is 4.96. The van der Waals surface area contributed by atoms with Gasteiger partial charge in [0.05, 0.1) is 18.6 Å². The Morgan fingerprint density at radius 1 is 1.34 bits per heavy atom. The third kappa shape index (κ3) is 3.75. The standard InChI is InChI=1S/C21H24FN3O4/c1-12-11-15-17(20(26)25(12)10-9-24(2)3)16(13-7-5-6-8-14(13)22)18(19(23)29-15)21(27)28-4/h5-8,11,16H,9-10,23H2,1-4H3/t16-/m0/s1. The summed E-state index contributed by atoms with van der Waals surface area (Å²) in [7, 11) is 5.01. The van der Waals surface area contributed by atoms with Crippen molar-refractivity contribution in [1.82, 2.24) is 9.47 Å². The number of methoxy groups -OCH3 is 1. The van der Waals surface area contributed by atoms with Crippen LogP contribution in [0.15, 0.2) is 46.6 Å². The number of esters is 1. The molecule has 0 saturated carbocycles. The molecule has 0 spiro atoms. The van der Waals surface area contributed by atoms with Gasteiger partial charge in [0, 0.05) is 30.4 Å². The molecule has 1 atom stereocenters. The SMILES string of the molecule is COC(=O)C1=C(N)Oc2cc(C)n(CCN(C)C)c(=O)c2[C@@H]1c1ccccc1F. The Bertz CT molecular complexity index is 1040. The highest BCUT2D eigenvalue weighted by molar-refractivity contribution is 5.92. The molecule has 3 rings (SSSR count). The maximum absolute atomic E-state index is 14.7. The van der Waals surface area contributed by atoms with Crippen LogP contribution in [0.25, 0.3) is 0 Å². The zero-order valence-corrected chi connectivity index (χ0v) is 16.9. The average Bonchev–Trinajstić information content (AvgIpc) is 2.66. The van der Waals surface area contributed by atoms with E-state index >= 15 is 0 Å². The summed E-state index contributed by atoms with van der Waals surface area (Å²) in [4.78, 5) is 27.9. The molecule has 0 fully saturated rings. The van der Waals surface area contributed by atoms with E-state index in [2.05, 4.69) is 0 Å². The third-order valence-corrected chi connectivity index (χ3v) is 4.96. The van der Waals surface area contributed by atoms with E-state index in [1.165, 1.54) is 25.3 Å². The number of benzene rings is 1. The van der Waals surface area contributed by atoms with E-state index in [9.17, 15) is 14.0 Å². The molecule has 0 amide bonds. The molecule has 0 radical (unpaired) electrons. The van der Waals surface area contributed by atoms with Crippen LogP contribution in [0, 0.1) is 12.7 Å². The first kappa shape index (κ1) is 20.6. The maximum atomic E-state index is 14.7. The van der Waals surface area contributed by atoms with E-state index in [4.69, 9.17) is 15.2 Å². The number of nitrogens with two attached hydrogens (primary N) is 1. The topological polar surface area (TPSA) is 86.8 Å². The fourth-order valence-corrected chi connectivity index (χ4v) is 3.49. The van der Waals surface area contributed by atoms with Crippen LogP contribution in [-0.4, -0.2) is 43.2 Å². The van der Waals surface area contributed by atoms with Crippen molar-refractivity contribution < 1.29 is 18.7 Å². The molecule has 2 aromatic rings. The van der Waals surface area contributed by atoms with E-state index in [1.54, 1.807) is 23.6 Å². The molecule has 7 nitrogen and oxygen atoms in total. The van der Waals surface area contributed by atoms with Gasteiger partial charge in [-0.05, 0) is 27.1 Å². The van der Waals surface area contributed by atoms with Crippen LogP contribution in [0.3, 0.4) is 0 Å². The largest absolute Gasteiger partial charge is 0.465 e. The second kappa shape index (κ2) is 8.08. The number of aromatic nitrogens is 1. The Morgan fingerprint density at radius 3 is 2.66 bits per heavy atom. The molecule has 2 heterocycles. The molecule has 29 heavy (non-hydrogen) atoms. The Hall–Kier alpha value is -3.13. The lowest BCUT2D eigenvalue weighted by molar-refractivity contribution is -0.136. The fraction of sp³-hybridized carbons (Fsp3) is 0.333. The number of carbonyl (C=O) groups excluding carboxylic acids is 1. The van der Waals surface area contributed by atoms with Crippen molar-refractivity contribution in [1.29, 1.82) is 0 Å². The van der Waals surface area contributed by atoms with Crippen LogP contribution in [0.5, 0.6) is 5.75 Å². The van der Waals surface area contributed by atoms with Gasteiger partial charge in [0.25, 0.3) is 5.56 Å². The second-order valence-corrected chi connectivity index (χ2v) is 7.15. The average molecular weight is 401 g/mol. The molecule has 2 N–H and O–H groups in total. The minimum Gasteiger partial charge on any atom is -0.465 e. The molecule has 1 aliphatic heterocycles. The van der Waals surface area contributed by atoms with Crippen LogP contribution >= 0.6 is 0 Å². The summed E-state index contributed by atoms with van der Waals surface area (Å²) < 4.78 is 26.8. The van der Waals surface area contributed by atoms with Gasteiger partial charge in [-0.1, -0.05) is 18.2 Å². The predicted octanol–water partition coefficient (Wildman–Crippen LogP) is 1.73. The number of likely N-dealkylation sites (N-methyl/N-ethyl adjacent to an activating group) is 1. The number of carbonyl (C=O) groups is 1. The van der Waals surface area contributed by atoms with E-state index in [0.29, 0.717) is 18.8 Å². The molecule has 0 saturated heterocycles. The Kier molecular flexibility index (Phi) is 5.74. The van der Waals surface area contributed by atoms with Crippen LogP contribution < -0.4 is 16.0 Å². The summed E-state index contributed by atoms with van der Waals surface area (Å²) in [6.45, 7) is 2.85. The first-order valence-corrected chi connectivity index (χ1v) is 9.15. The van der Waals surface area contributed by atoms with Crippen molar-refractivity contribution >= 4 is 5.97 Å². The quantitative estimate of drug-likeness (QED) is 0.768. The van der Waals surface area contributed by atoms with Crippen molar-refractivity contribution in [3.63, 3.8) is 0 Å². The number of rotatable bonds is 5. The molecule has 0 bridgehead atoms. The Morgan fingerprint density at radius 2 is 2.03 bits per heavy atom. The van der Waals surface area contributed by atoms with E-state index in [-0.39, 0.29) is 33.9 Å². The molecule has 0 aliphatic carbocycles. The minimum atomic E-state index is -1.04. The molecule has 154 valence electrons. The van der Waals surface area contributed by atoms with Crippen LogP contribution in [-0.2, 0) is 16.1 Å². The number of pyridine rings is 1. The molecular formula is C21H24FN3O4. The molecule has 0 unspecified atom stereocenters. The highest BCUT2D eigenvalue weighted by atomic mass is 19.1. The van der Waals surface area contributed by atoms with Gasteiger partial charge in [0.1, 0.15) is 17.1 Å². The van der Waals surface area contributed by atoms with Crippen LogP contribution in [0.1, 0.15) is 22.7 Å². The highest BCUT2D eigenvalue weighted by Crippen LogP contribution is 2.41. The fourth-order valence-electron chi connectivity index (χ4n) is 3.49. The summed E-state index contributed by atoms with van der Waals surface area (Å²) in [5.74, 6) is -2.36. The summed E-state index contributed by atoms with van der Waals surface area (Å²) in [5.41, 5.74) is 6.55. The smallest absolute Gasteiger partial charge is 0.340 e. The molecule has 1 aliphatic rings. The normalized spacial score (nSPS) is 15.9. The van der Waals surface area contributed by atoms with Gasteiger partial charge in [0.15, 0.2) is 0 Å². The van der Waals surface area contributed by atoms with E-state index in [1.807, 2.05) is 19.0 Å². The van der Waals surface area contributed by atoms with E-state index < -0.39 is 17.7 Å². The molecule has 8 heteroatoms. The van der Waals surface area contributed by atoms with Crippen molar-refractivity contribution in [2.75, 3.05) is 27.7 Å². The lowest BCUT2D eigenvalue weighted by atomic mass is 9.83. The first-order chi connectivity index (χ1) is 13.8. The number of aryl methyl sites for hydroxylation is 1. The molecule has 1 aromatic heterocycles. The number of halogens is 1. The number of ether oxygens (including phenoxy) is 2. The Labute approximate surface area is 168 Å². The maximum Gasteiger partial charge on any atom is 0.340 e. The lowest BCUT2D eigenvalue weighted by Crippen LogP contribution is -2.36. The number of nitrogens with zero attached hydrogens (tertiary/aromatic N) is 2. The number of hydrogen-bond donors (Lipinski definition) is 1. The Balaban J connectivity index is 2.29. The summed E-state index contributed by atoms with van der Waals surface area (Å²) in [6, 6.07) is 7.65. The summed E-state index contributed by atoms with van der Waals surface area (Å²) in [5, 5.41) is 0. The number of fused-ring (bicyclic) bond motifs is 1. The minimum absolute atomic E-state index is 0.0924.